The predicted octanol–water partition coefficient (Wildman–Crippen LogP) is 3.53. The molecule has 0 aromatic heterocycles. The van der Waals surface area contributed by atoms with Gasteiger partial charge in [0.15, 0.2) is 0 Å². The molecule has 4 rings (SSSR count). The molecule has 4 nitrogen and oxygen atoms in total. The van der Waals surface area contributed by atoms with Crippen LogP contribution in [-0.4, -0.2) is 43.0 Å². The number of amides is 1. The second kappa shape index (κ2) is 8.31. The van der Waals surface area contributed by atoms with Gasteiger partial charge in [-0.1, -0.05) is 24.3 Å². The molecule has 0 radical (unpaired) electrons. The van der Waals surface area contributed by atoms with Crippen molar-refractivity contribution in [2.75, 3.05) is 31.1 Å². The Morgan fingerprint density at radius 1 is 1.07 bits per heavy atom. The fraction of sp³-hybridized carbons (Fsp3) is 0.435. The third-order valence-electron chi connectivity index (χ3n) is 6.12. The van der Waals surface area contributed by atoms with Crippen LogP contribution in [0.4, 0.5) is 10.1 Å². The Bertz CT molecular complexity index is 815. The zero-order valence-corrected chi connectivity index (χ0v) is 16.4. The average molecular weight is 381 g/mol. The number of nitrogens with zero attached hydrogens (tertiary/aromatic N) is 2. The van der Waals surface area contributed by atoms with Gasteiger partial charge in [-0.05, 0) is 61.6 Å². The molecular formula is C23H28FN3O. The van der Waals surface area contributed by atoms with Gasteiger partial charge in [0.25, 0.3) is 0 Å². The number of rotatable bonds is 4. The minimum atomic E-state index is -0.211. The first-order valence-electron chi connectivity index (χ1n) is 10.2. The largest absolute Gasteiger partial charge is 0.369 e. The maximum atomic E-state index is 13.1. The van der Waals surface area contributed by atoms with E-state index in [2.05, 4.69) is 39.4 Å². The Balaban J connectivity index is 1.33. The highest BCUT2D eigenvalue weighted by Crippen LogP contribution is 2.29. The van der Waals surface area contributed by atoms with Gasteiger partial charge >= 0.3 is 0 Å². The van der Waals surface area contributed by atoms with Crippen molar-refractivity contribution in [2.24, 2.45) is 0 Å². The van der Waals surface area contributed by atoms with Crippen LogP contribution in [0.15, 0.2) is 48.5 Å². The first-order chi connectivity index (χ1) is 13.6. The summed E-state index contributed by atoms with van der Waals surface area (Å²) in [6, 6.07) is 15.1. The Labute approximate surface area is 166 Å². The quantitative estimate of drug-likeness (QED) is 0.880. The number of hydrogen-bond donors (Lipinski definition) is 1. The molecule has 1 N–H and O–H groups in total. The molecular weight excluding hydrogens is 353 g/mol. The minimum Gasteiger partial charge on any atom is -0.369 e. The maximum absolute atomic E-state index is 13.1. The first-order valence-corrected chi connectivity index (χ1v) is 10.2. The molecule has 0 spiro atoms. The van der Waals surface area contributed by atoms with Gasteiger partial charge in [-0.15, -0.1) is 0 Å². The molecule has 2 aromatic rings. The Hall–Kier alpha value is -2.40. The van der Waals surface area contributed by atoms with E-state index in [1.54, 1.807) is 0 Å². The number of fused-ring (bicyclic) bond motifs is 1. The van der Waals surface area contributed by atoms with Crippen molar-refractivity contribution in [1.82, 2.24) is 10.2 Å². The molecule has 5 heteroatoms. The van der Waals surface area contributed by atoms with Crippen LogP contribution in [0, 0.1) is 5.82 Å². The summed E-state index contributed by atoms with van der Waals surface area (Å²) in [7, 11) is 0. The van der Waals surface area contributed by atoms with Crippen LogP contribution in [0.25, 0.3) is 0 Å². The number of carbonyl (C=O) groups excluding carboxylic acids is 1. The molecule has 2 aliphatic rings. The predicted molar refractivity (Wildman–Crippen MR) is 110 cm³/mol. The summed E-state index contributed by atoms with van der Waals surface area (Å²) >= 11 is 0. The van der Waals surface area contributed by atoms with Crippen LogP contribution in [0.3, 0.4) is 0 Å². The third-order valence-corrected chi connectivity index (χ3v) is 6.12. The summed E-state index contributed by atoms with van der Waals surface area (Å²) in [6.45, 7) is 5.34. The van der Waals surface area contributed by atoms with Crippen LogP contribution >= 0.6 is 0 Å². The second-order valence-electron chi connectivity index (χ2n) is 7.83. The van der Waals surface area contributed by atoms with Gasteiger partial charge in [0.05, 0.1) is 12.1 Å². The number of anilines is 1. The van der Waals surface area contributed by atoms with Crippen molar-refractivity contribution in [1.29, 1.82) is 0 Å². The normalized spacial score (nSPS) is 21.1. The van der Waals surface area contributed by atoms with E-state index in [9.17, 15) is 9.18 Å². The molecule has 0 bridgehead atoms. The van der Waals surface area contributed by atoms with Gasteiger partial charge < -0.3 is 10.2 Å². The second-order valence-corrected chi connectivity index (χ2v) is 7.83. The van der Waals surface area contributed by atoms with Crippen LogP contribution in [0.2, 0.25) is 0 Å². The molecule has 1 aliphatic carbocycles. The molecule has 0 unspecified atom stereocenters. The molecule has 1 aliphatic heterocycles. The van der Waals surface area contributed by atoms with Gasteiger partial charge in [-0.3, -0.25) is 9.69 Å². The van der Waals surface area contributed by atoms with Gasteiger partial charge in [0, 0.05) is 31.9 Å². The number of aryl methyl sites for hydroxylation is 1. The smallest absolute Gasteiger partial charge is 0.237 e. The van der Waals surface area contributed by atoms with Gasteiger partial charge in [0.2, 0.25) is 5.91 Å². The molecule has 28 heavy (non-hydrogen) atoms. The maximum Gasteiger partial charge on any atom is 0.237 e. The lowest BCUT2D eigenvalue weighted by Gasteiger charge is -2.39. The molecule has 1 saturated heterocycles. The summed E-state index contributed by atoms with van der Waals surface area (Å²) in [5, 5.41) is 3.29. The van der Waals surface area contributed by atoms with Crippen molar-refractivity contribution in [3.63, 3.8) is 0 Å². The number of carbonyl (C=O) groups is 1. The summed E-state index contributed by atoms with van der Waals surface area (Å²) < 4.78 is 13.1. The van der Waals surface area contributed by atoms with E-state index in [4.69, 9.17) is 0 Å². The van der Waals surface area contributed by atoms with Crippen molar-refractivity contribution in [3.8, 4) is 0 Å². The van der Waals surface area contributed by atoms with E-state index in [0.29, 0.717) is 0 Å². The topological polar surface area (TPSA) is 35.6 Å². The van der Waals surface area contributed by atoms with Crippen LogP contribution in [0.5, 0.6) is 0 Å². The molecule has 1 heterocycles. The number of piperazine rings is 1. The number of nitrogens with one attached hydrogen (secondary N) is 1. The lowest BCUT2D eigenvalue weighted by atomic mass is 9.87. The van der Waals surface area contributed by atoms with Crippen LogP contribution in [-0.2, 0) is 11.2 Å². The number of benzene rings is 2. The van der Waals surface area contributed by atoms with E-state index < -0.39 is 0 Å². The van der Waals surface area contributed by atoms with Crippen LogP contribution in [0.1, 0.15) is 36.9 Å². The zero-order chi connectivity index (χ0) is 19.5. The molecule has 1 amide bonds. The first kappa shape index (κ1) is 18.9. The molecule has 1 fully saturated rings. The highest BCUT2D eigenvalue weighted by molar-refractivity contribution is 5.82. The summed E-state index contributed by atoms with van der Waals surface area (Å²) in [5.41, 5.74) is 3.67. The third kappa shape index (κ3) is 4.04. The summed E-state index contributed by atoms with van der Waals surface area (Å²) in [5.74, 6) is -0.103. The standard InChI is InChI=1S/C23H28FN3O/c1-17(23(28)25-22-8-4-6-18-5-2-3-7-21(18)22)26-13-15-27(16-14-26)20-11-9-19(24)10-12-20/h2-3,5,7,9-12,17,22H,4,6,8,13-16H2,1H3,(H,25,28)/t17-,22+/m0/s1. The minimum absolute atomic E-state index is 0.108. The fourth-order valence-electron chi connectivity index (χ4n) is 4.38. The Morgan fingerprint density at radius 2 is 1.79 bits per heavy atom. The average Bonchev–Trinajstić information content (AvgIpc) is 2.74. The van der Waals surface area contributed by atoms with Crippen molar-refractivity contribution in [3.05, 3.63) is 65.5 Å². The molecule has 0 saturated carbocycles. The van der Waals surface area contributed by atoms with Gasteiger partial charge in [0.1, 0.15) is 5.82 Å². The van der Waals surface area contributed by atoms with E-state index in [-0.39, 0.29) is 23.8 Å². The van der Waals surface area contributed by atoms with E-state index >= 15 is 0 Å². The monoisotopic (exact) mass is 381 g/mol. The van der Waals surface area contributed by atoms with Gasteiger partial charge in [-0.2, -0.15) is 0 Å². The summed E-state index contributed by atoms with van der Waals surface area (Å²) in [4.78, 5) is 17.4. The lowest BCUT2D eigenvalue weighted by Crippen LogP contribution is -2.54. The van der Waals surface area contributed by atoms with E-state index in [1.165, 1.54) is 23.3 Å². The fourth-order valence-corrected chi connectivity index (χ4v) is 4.38. The zero-order valence-electron chi connectivity index (χ0n) is 16.4. The highest BCUT2D eigenvalue weighted by atomic mass is 19.1. The van der Waals surface area contributed by atoms with E-state index in [0.717, 1.165) is 51.1 Å². The SMILES string of the molecule is C[C@@H](C(=O)N[C@@H]1CCCc2ccccc21)N1CCN(c2ccc(F)cc2)CC1. The van der Waals surface area contributed by atoms with Gasteiger partial charge in [-0.25, -0.2) is 4.39 Å². The molecule has 148 valence electrons. The lowest BCUT2D eigenvalue weighted by molar-refractivity contribution is -0.126. The van der Waals surface area contributed by atoms with Crippen molar-refractivity contribution < 1.29 is 9.18 Å². The molecule has 2 aromatic carbocycles. The Kier molecular flexibility index (Phi) is 5.62. The highest BCUT2D eigenvalue weighted by Gasteiger charge is 2.28. The Morgan fingerprint density at radius 3 is 2.54 bits per heavy atom. The number of hydrogen-bond acceptors (Lipinski definition) is 3. The number of halogens is 1. The molecule has 2 atom stereocenters. The summed E-state index contributed by atoms with van der Waals surface area (Å²) in [6.07, 6.45) is 3.23. The van der Waals surface area contributed by atoms with Crippen molar-refractivity contribution in [2.45, 2.75) is 38.3 Å². The van der Waals surface area contributed by atoms with E-state index in [1.807, 2.05) is 19.1 Å². The van der Waals surface area contributed by atoms with Crippen LogP contribution < -0.4 is 10.2 Å². The van der Waals surface area contributed by atoms with Crippen molar-refractivity contribution >= 4 is 11.6 Å².